The number of nitrogens with zero attached hydrogens (tertiary/aromatic N) is 1. The summed E-state index contributed by atoms with van der Waals surface area (Å²) < 4.78 is 5.24. The second-order valence-corrected chi connectivity index (χ2v) is 5.54. The van der Waals surface area contributed by atoms with Crippen LogP contribution in [0.5, 0.6) is 0 Å². The molecule has 6 nitrogen and oxygen atoms in total. The fourth-order valence-electron chi connectivity index (χ4n) is 2.27. The zero-order valence-corrected chi connectivity index (χ0v) is 12.6. The molecule has 0 atom stereocenters. The third-order valence-corrected chi connectivity index (χ3v) is 4.21. The zero-order chi connectivity index (χ0) is 15.5. The van der Waals surface area contributed by atoms with Crippen LogP contribution in [0.15, 0.2) is 23.4 Å². The molecule has 8 heteroatoms. The molecule has 1 aromatic carbocycles. The highest BCUT2D eigenvalue weighted by molar-refractivity contribution is 6.40. The van der Waals surface area contributed by atoms with Crippen molar-refractivity contribution < 1.29 is 14.7 Å². The monoisotopic (exact) mass is 331 g/mol. The first-order valence-corrected chi connectivity index (χ1v) is 7.08. The number of rotatable bonds is 3. The van der Waals surface area contributed by atoms with Crippen LogP contribution in [0.2, 0.25) is 10.0 Å². The number of nitrogens with two attached hydrogens (primary N) is 1. The van der Waals surface area contributed by atoms with Gasteiger partial charge in [0.15, 0.2) is 5.84 Å². The fourth-order valence-corrected chi connectivity index (χ4v) is 2.76. The Morgan fingerprint density at radius 1 is 1.33 bits per heavy atom. The van der Waals surface area contributed by atoms with Gasteiger partial charge in [-0.05, 0) is 25.0 Å². The lowest BCUT2D eigenvalue weighted by molar-refractivity contribution is -0.126. The minimum absolute atomic E-state index is 0.147. The summed E-state index contributed by atoms with van der Waals surface area (Å²) in [5.74, 6) is -0.567. The van der Waals surface area contributed by atoms with Crippen molar-refractivity contribution in [1.82, 2.24) is 0 Å². The minimum atomic E-state index is -1.13. The molecule has 114 valence electrons. The van der Waals surface area contributed by atoms with Crippen LogP contribution in [0.4, 0.5) is 5.69 Å². The first-order valence-electron chi connectivity index (χ1n) is 6.32. The molecule has 1 aromatic rings. The van der Waals surface area contributed by atoms with Crippen molar-refractivity contribution in [1.29, 1.82) is 0 Å². The first-order chi connectivity index (χ1) is 10.0. The fraction of sp³-hybridized carbons (Fsp3) is 0.385. The molecule has 0 radical (unpaired) electrons. The van der Waals surface area contributed by atoms with Gasteiger partial charge in [-0.2, -0.15) is 0 Å². The maximum atomic E-state index is 12.6. The van der Waals surface area contributed by atoms with E-state index in [1.54, 1.807) is 18.2 Å². The normalized spacial score (nSPS) is 18.3. The van der Waals surface area contributed by atoms with Gasteiger partial charge in [0, 0.05) is 13.2 Å². The van der Waals surface area contributed by atoms with Crippen LogP contribution < -0.4 is 11.1 Å². The number of hydrogen-bond donors (Lipinski definition) is 3. The number of amidine groups is 1. The molecule has 4 N–H and O–H groups in total. The quantitative estimate of drug-likeness (QED) is 0.343. The summed E-state index contributed by atoms with van der Waals surface area (Å²) >= 11 is 12.1. The lowest BCUT2D eigenvalue weighted by atomic mass is 9.78. The van der Waals surface area contributed by atoms with E-state index in [9.17, 15) is 4.79 Å². The number of carbonyl (C=O) groups excluding carboxylic acids is 1. The largest absolute Gasteiger partial charge is 0.409 e. The number of amides is 1. The maximum Gasteiger partial charge on any atom is 0.238 e. The van der Waals surface area contributed by atoms with E-state index in [2.05, 4.69) is 10.5 Å². The van der Waals surface area contributed by atoms with Crippen LogP contribution in [0.3, 0.4) is 0 Å². The second-order valence-electron chi connectivity index (χ2n) is 4.73. The van der Waals surface area contributed by atoms with Gasteiger partial charge in [-0.25, -0.2) is 0 Å². The summed E-state index contributed by atoms with van der Waals surface area (Å²) in [6.07, 6.45) is 0.633. The highest BCUT2D eigenvalue weighted by Gasteiger charge is 2.44. The van der Waals surface area contributed by atoms with Crippen LogP contribution in [0.25, 0.3) is 0 Å². The third-order valence-electron chi connectivity index (χ3n) is 3.58. The van der Waals surface area contributed by atoms with Gasteiger partial charge in [0.1, 0.15) is 5.41 Å². The predicted molar refractivity (Wildman–Crippen MR) is 81.0 cm³/mol. The van der Waals surface area contributed by atoms with Crippen molar-refractivity contribution in [3.8, 4) is 0 Å². The van der Waals surface area contributed by atoms with E-state index in [-0.39, 0.29) is 5.84 Å². The zero-order valence-electron chi connectivity index (χ0n) is 11.1. The number of benzene rings is 1. The minimum Gasteiger partial charge on any atom is -0.409 e. The van der Waals surface area contributed by atoms with Gasteiger partial charge in [-0.15, -0.1) is 0 Å². The summed E-state index contributed by atoms with van der Waals surface area (Å²) in [7, 11) is 0. The molecule has 1 aliphatic rings. The summed E-state index contributed by atoms with van der Waals surface area (Å²) in [5, 5.41) is 15.3. The summed E-state index contributed by atoms with van der Waals surface area (Å²) in [6.45, 7) is 0.694. The van der Waals surface area contributed by atoms with Crippen molar-refractivity contribution in [2.45, 2.75) is 12.8 Å². The third kappa shape index (κ3) is 3.07. The number of oxime groups is 1. The smallest absolute Gasteiger partial charge is 0.238 e. The lowest BCUT2D eigenvalue weighted by Crippen LogP contribution is -2.50. The average molecular weight is 332 g/mol. The van der Waals surface area contributed by atoms with Gasteiger partial charge in [0.25, 0.3) is 0 Å². The molecular formula is C13H15Cl2N3O3. The second kappa shape index (κ2) is 6.51. The molecule has 1 aliphatic heterocycles. The van der Waals surface area contributed by atoms with Crippen LogP contribution in [0, 0.1) is 5.41 Å². The van der Waals surface area contributed by atoms with E-state index < -0.39 is 11.3 Å². The Morgan fingerprint density at radius 2 is 1.90 bits per heavy atom. The molecule has 0 aliphatic carbocycles. The molecule has 2 rings (SSSR count). The Hall–Kier alpha value is -1.50. The summed E-state index contributed by atoms with van der Waals surface area (Å²) in [5.41, 5.74) is 4.91. The summed E-state index contributed by atoms with van der Waals surface area (Å²) in [4.78, 5) is 12.6. The van der Waals surface area contributed by atoms with Gasteiger partial charge in [0.2, 0.25) is 5.91 Å². The van der Waals surface area contributed by atoms with Crippen LogP contribution in [-0.2, 0) is 9.53 Å². The number of ether oxygens (including phenoxy) is 1. The number of halogens is 2. The lowest BCUT2D eigenvalue weighted by Gasteiger charge is -2.34. The van der Waals surface area contributed by atoms with Crippen LogP contribution in [0.1, 0.15) is 12.8 Å². The Morgan fingerprint density at radius 3 is 2.43 bits per heavy atom. The Balaban J connectivity index is 2.32. The number of hydrogen-bond acceptors (Lipinski definition) is 4. The molecule has 1 heterocycles. The molecule has 1 fully saturated rings. The maximum absolute atomic E-state index is 12.6. The molecule has 0 unspecified atom stereocenters. The topological polar surface area (TPSA) is 96.9 Å². The standard InChI is InChI=1S/C13H15Cl2N3O3/c14-8-2-1-3-9(15)10(8)17-12(19)13(11(16)18-20)4-6-21-7-5-13/h1-3,20H,4-7H2,(H2,16,18)(H,17,19). The van der Waals surface area contributed by atoms with Crippen molar-refractivity contribution in [2.75, 3.05) is 18.5 Å². The molecular weight excluding hydrogens is 317 g/mol. The highest BCUT2D eigenvalue weighted by Crippen LogP contribution is 2.35. The molecule has 0 bridgehead atoms. The molecule has 0 spiro atoms. The number of anilines is 1. The van der Waals surface area contributed by atoms with Gasteiger partial charge in [0.05, 0.1) is 15.7 Å². The number of carbonyl (C=O) groups is 1. The van der Waals surface area contributed by atoms with Crippen molar-refractivity contribution in [2.24, 2.45) is 16.3 Å². The van der Waals surface area contributed by atoms with E-state index in [1.165, 1.54) is 0 Å². The average Bonchev–Trinajstić information content (AvgIpc) is 2.50. The van der Waals surface area contributed by atoms with Gasteiger partial charge in [-0.1, -0.05) is 34.4 Å². The Labute approximate surface area is 131 Å². The van der Waals surface area contributed by atoms with Gasteiger partial charge in [-0.3, -0.25) is 4.79 Å². The highest BCUT2D eigenvalue weighted by atomic mass is 35.5. The Bertz CT molecular complexity index is 552. The van der Waals surface area contributed by atoms with Crippen molar-refractivity contribution in [3.63, 3.8) is 0 Å². The van der Waals surface area contributed by atoms with Crippen molar-refractivity contribution in [3.05, 3.63) is 28.2 Å². The SMILES string of the molecule is NC(=NO)C1(C(=O)Nc2c(Cl)cccc2Cl)CCOCC1. The Kier molecular flexibility index (Phi) is 4.92. The molecule has 21 heavy (non-hydrogen) atoms. The van der Waals surface area contributed by atoms with Crippen molar-refractivity contribution >= 4 is 40.6 Å². The van der Waals surface area contributed by atoms with Crippen LogP contribution in [-0.4, -0.2) is 30.2 Å². The van der Waals surface area contributed by atoms with Gasteiger partial charge < -0.3 is 21.0 Å². The number of para-hydroxylation sites is 1. The first kappa shape index (κ1) is 15.9. The van der Waals surface area contributed by atoms with Gasteiger partial charge >= 0.3 is 0 Å². The van der Waals surface area contributed by atoms with E-state index in [4.69, 9.17) is 38.9 Å². The molecule has 0 aromatic heterocycles. The molecule has 0 saturated carbocycles. The van der Waals surface area contributed by atoms with E-state index >= 15 is 0 Å². The number of nitrogens with one attached hydrogen (secondary N) is 1. The summed E-state index contributed by atoms with van der Waals surface area (Å²) in [6, 6.07) is 4.90. The van der Waals surface area contributed by atoms with E-state index in [0.717, 1.165) is 0 Å². The predicted octanol–water partition coefficient (Wildman–Crippen LogP) is 2.48. The van der Waals surface area contributed by atoms with E-state index in [0.29, 0.717) is 41.8 Å². The molecule has 1 amide bonds. The molecule has 1 saturated heterocycles. The van der Waals surface area contributed by atoms with E-state index in [1.807, 2.05) is 0 Å². The van der Waals surface area contributed by atoms with Crippen LogP contribution >= 0.6 is 23.2 Å².